The average molecular weight is 310 g/mol. The van der Waals surface area contributed by atoms with Crippen molar-refractivity contribution in [3.05, 3.63) is 35.4 Å². The number of benzene rings is 1. The van der Waals surface area contributed by atoms with Gasteiger partial charge in [-0.1, -0.05) is 24.3 Å². The van der Waals surface area contributed by atoms with E-state index in [0.29, 0.717) is 11.1 Å². The Morgan fingerprint density at radius 1 is 0.636 bits per heavy atom. The molecule has 0 spiro atoms. The van der Waals surface area contributed by atoms with Crippen LogP contribution in [-0.4, -0.2) is 44.3 Å². The van der Waals surface area contributed by atoms with Crippen LogP contribution in [0.1, 0.15) is 11.1 Å². The summed E-state index contributed by atoms with van der Waals surface area (Å²) in [5.41, 5.74) is 0.890. The van der Waals surface area contributed by atoms with Gasteiger partial charge in [0.15, 0.2) is 11.8 Å². The zero-order chi connectivity index (χ0) is 16.9. The fourth-order valence-corrected chi connectivity index (χ4v) is 1.84. The Balaban J connectivity index is 2.82. The van der Waals surface area contributed by atoms with Gasteiger partial charge < -0.3 is 20.4 Å². The van der Waals surface area contributed by atoms with Crippen LogP contribution in [0.2, 0.25) is 0 Å². The summed E-state index contributed by atoms with van der Waals surface area (Å²) in [6.45, 7) is 0. The molecule has 8 nitrogen and oxygen atoms in total. The predicted octanol–water partition coefficient (Wildman–Crippen LogP) is 0.342. The molecule has 0 bridgehead atoms. The van der Waals surface area contributed by atoms with Crippen molar-refractivity contribution in [1.29, 1.82) is 0 Å². The standard InChI is InChI=1S/C14H14O8/c15-11(16)9(12(17)18)5-7-1-2-8(4-3-7)6-10(13(19)20)14(21)22/h1-4,9-10H,5-6H2,(H,15,16)(H,17,18)(H,19,20)(H,21,22). The van der Waals surface area contributed by atoms with E-state index in [1.807, 2.05) is 0 Å². The van der Waals surface area contributed by atoms with Crippen molar-refractivity contribution in [2.75, 3.05) is 0 Å². The first kappa shape index (κ1) is 17.2. The zero-order valence-corrected chi connectivity index (χ0v) is 11.3. The quantitative estimate of drug-likeness (QED) is 0.502. The third-order valence-corrected chi connectivity index (χ3v) is 3.10. The monoisotopic (exact) mass is 310 g/mol. The predicted molar refractivity (Wildman–Crippen MR) is 71.4 cm³/mol. The highest BCUT2D eigenvalue weighted by atomic mass is 16.4. The van der Waals surface area contributed by atoms with Crippen LogP contribution in [0, 0.1) is 11.8 Å². The van der Waals surface area contributed by atoms with Crippen LogP contribution in [0.5, 0.6) is 0 Å². The van der Waals surface area contributed by atoms with Gasteiger partial charge in [0.25, 0.3) is 0 Å². The van der Waals surface area contributed by atoms with Gasteiger partial charge in [-0.2, -0.15) is 0 Å². The lowest BCUT2D eigenvalue weighted by molar-refractivity contribution is -0.156. The number of carbonyl (C=O) groups is 4. The molecule has 22 heavy (non-hydrogen) atoms. The van der Waals surface area contributed by atoms with Gasteiger partial charge in [0.1, 0.15) is 0 Å². The average Bonchev–Trinajstić information content (AvgIpc) is 2.42. The fraction of sp³-hybridized carbons (Fsp3) is 0.286. The molecule has 1 rings (SSSR count). The lowest BCUT2D eigenvalue weighted by Crippen LogP contribution is -2.26. The molecule has 1 aromatic rings. The molecule has 0 unspecified atom stereocenters. The summed E-state index contributed by atoms with van der Waals surface area (Å²) in [4.78, 5) is 43.2. The molecule has 0 atom stereocenters. The van der Waals surface area contributed by atoms with Crippen molar-refractivity contribution in [2.45, 2.75) is 12.8 Å². The van der Waals surface area contributed by atoms with Gasteiger partial charge in [0.2, 0.25) is 0 Å². The van der Waals surface area contributed by atoms with E-state index in [1.165, 1.54) is 24.3 Å². The van der Waals surface area contributed by atoms with E-state index in [1.54, 1.807) is 0 Å². The van der Waals surface area contributed by atoms with Gasteiger partial charge in [-0.25, -0.2) is 0 Å². The smallest absolute Gasteiger partial charge is 0.318 e. The normalized spacial score (nSPS) is 10.6. The number of hydrogen-bond donors (Lipinski definition) is 4. The third kappa shape index (κ3) is 4.58. The summed E-state index contributed by atoms with van der Waals surface area (Å²) in [5.74, 6) is -8.95. The maximum absolute atomic E-state index is 10.8. The van der Waals surface area contributed by atoms with Gasteiger partial charge in [-0.05, 0) is 24.0 Å². The number of hydrogen-bond acceptors (Lipinski definition) is 4. The van der Waals surface area contributed by atoms with Crippen LogP contribution in [-0.2, 0) is 32.0 Å². The van der Waals surface area contributed by atoms with Crippen molar-refractivity contribution in [3.63, 3.8) is 0 Å². The van der Waals surface area contributed by atoms with Gasteiger partial charge >= 0.3 is 23.9 Å². The summed E-state index contributed by atoms with van der Waals surface area (Å²) in [6, 6.07) is 5.81. The number of carboxylic acids is 4. The first-order valence-corrected chi connectivity index (χ1v) is 6.21. The Morgan fingerprint density at radius 2 is 0.864 bits per heavy atom. The molecule has 0 aromatic heterocycles. The van der Waals surface area contributed by atoms with E-state index in [9.17, 15) is 19.2 Å². The van der Waals surface area contributed by atoms with Crippen molar-refractivity contribution >= 4 is 23.9 Å². The van der Waals surface area contributed by atoms with Crippen LogP contribution >= 0.6 is 0 Å². The van der Waals surface area contributed by atoms with Crippen LogP contribution < -0.4 is 0 Å². The number of rotatable bonds is 8. The molecule has 0 aliphatic carbocycles. The van der Waals surface area contributed by atoms with Crippen molar-refractivity contribution < 1.29 is 39.6 Å². The van der Waals surface area contributed by atoms with Crippen LogP contribution in [0.3, 0.4) is 0 Å². The van der Waals surface area contributed by atoms with Crippen molar-refractivity contribution in [1.82, 2.24) is 0 Å². The summed E-state index contributed by atoms with van der Waals surface area (Å²) in [6.07, 6.45) is -0.432. The molecular weight excluding hydrogens is 296 g/mol. The molecule has 0 heterocycles. The van der Waals surface area contributed by atoms with Crippen LogP contribution in [0.15, 0.2) is 24.3 Å². The van der Waals surface area contributed by atoms with Crippen LogP contribution in [0.25, 0.3) is 0 Å². The molecule has 0 radical (unpaired) electrons. The topological polar surface area (TPSA) is 149 Å². The Labute approximate surface area is 124 Å². The van der Waals surface area contributed by atoms with E-state index in [4.69, 9.17) is 20.4 Å². The maximum atomic E-state index is 10.8. The number of aliphatic carboxylic acids is 4. The van der Waals surface area contributed by atoms with Gasteiger partial charge in [0, 0.05) is 0 Å². The molecule has 0 saturated heterocycles. The maximum Gasteiger partial charge on any atom is 0.318 e. The van der Waals surface area contributed by atoms with E-state index < -0.39 is 35.7 Å². The van der Waals surface area contributed by atoms with Crippen molar-refractivity contribution in [3.8, 4) is 0 Å². The molecule has 0 amide bonds. The minimum Gasteiger partial charge on any atom is -0.481 e. The van der Waals surface area contributed by atoms with E-state index in [0.717, 1.165) is 0 Å². The third-order valence-electron chi connectivity index (χ3n) is 3.10. The largest absolute Gasteiger partial charge is 0.481 e. The Kier molecular flexibility index (Phi) is 5.62. The molecule has 0 saturated carbocycles. The van der Waals surface area contributed by atoms with Gasteiger partial charge in [0.05, 0.1) is 0 Å². The molecule has 118 valence electrons. The van der Waals surface area contributed by atoms with Crippen molar-refractivity contribution in [2.24, 2.45) is 11.8 Å². The second-order valence-electron chi connectivity index (χ2n) is 4.68. The Bertz CT molecular complexity index is 508. The highest BCUT2D eigenvalue weighted by Gasteiger charge is 2.27. The fourth-order valence-electron chi connectivity index (χ4n) is 1.84. The van der Waals surface area contributed by atoms with E-state index >= 15 is 0 Å². The van der Waals surface area contributed by atoms with Crippen LogP contribution in [0.4, 0.5) is 0 Å². The molecule has 0 aliphatic heterocycles. The molecule has 0 fully saturated rings. The Hall–Kier alpha value is -2.90. The minimum atomic E-state index is -1.57. The first-order valence-electron chi connectivity index (χ1n) is 6.21. The molecule has 4 N–H and O–H groups in total. The molecule has 0 aliphatic rings. The minimum absolute atomic E-state index is 0.216. The molecular formula is C14H14O8. The lowest BCUT2D eigenvalue weighted by Gasteiger charge is -2.10. The second kappa shape index (κ2) is 7.21. The van der Waals surface area contributed by atoms with E-state index in [2.05, 4.69) is 0 Å². The lowest BCUT2D eigenvalue weighted by atomic mass is 9.95. The number of carboxylic acid groups (broad SMARTS) is 4. The molecule has 8 heteroatoms. The van der Waals surface area contributed by atoms with Gasteiger partial charge in [-0.3, -0.25) is 19.2 Å². The molecule has 1 aromatic carbocycles. The van der Waals surface area contributed by atoms with Gasteiger partial charge in [-0.15, -0.1) is 0 Å². The summed E-state index contributed by atoms with van der Waals surface area (Å²) in [5, 5.41) is 35.2. The summed E-state index contributed by atoms with van der Waals surface area (Å²) in [7, 11) is 0. The first-order chi connectivity index (χ1) is 10.2. The zero-order valence-electron chi connectivity index (χ0n) is 11.3. The summed E-state index contributed by atoms with van der Waals surface area (Å²) >= 11 is 0. The second-order valence-corrected chi connectivity index (χ2v) is 4.68. The SMILES string of the molecule is O=C(O)C(Cc1ccc(CC(C(=O)O)C(=O)O)cc1)C(=O)O. The Morgan fingerprint density at radius 3 is 1.05 bits per heavy atom. The van der Waals surface area contributed by atoms with E-state index in [-0.39, 0.29) is 12.8 Å². The summed E-state index contributed by atoms with van der Waals surface area (Å²) < 4.78 is 0. The highest BCUT2D eigenvalue weighted by Crippen LogP contribution is 2.14. The highest BCUT2D eigenvalue weighted by molar-refractivity contribution is 5.93.